The fourth-order valence-electron chi connectivity index (χ4n) is 3.07. The van der Waals surface area contributed by atoms with Gasteiger partial charge >= 0.3 is 0 Å². The summed E-state index contributed by atoms with van der Waals surface area (Å²) in [5.74, 6) is 3.56. The predicted octanol–water partition coefficient (Wildman–Crippen LogP) is 3.31. The molecular weight excluding hydrogens is 268 g/mol. The van der Waals surface area contributed by atoms with Crippen molar-refractivity contribution in [2.24, 2.45) is 0 Å². The first kappa shape index (κ1) is 12.4. The zero-order valence-corrected chi connectivity index (χ0v) is 12.0. The van der Waals surface area contributed by atoms with E-state index in [9.17, 15) is 0 Å². The Balaban J connectivity index is 1.74. The molecule has 2 aliphatic heterocycles. The molecule has 0 spiro atoms. The zero-order valence-electron chi connectivity index (χ0n) is 12.0. The first-order chi connectivity index (χ1) is 10.3. The van der Waals surface area contributed by atoms with Gasteiger partial charge in [-0.3, -0.25) is 0 Å². The first-order valence-corrected chi connectivity index (χ1v) is 6.95. The van der Waals surface area contributed by atoms with Crippen LogP contribution in [-0.2, 0) is 0 Å². The summed E-state index contributed by atoms with van der Waals surface area (Å²) in [6.07, 6.45) is 0.00163. The van der Waals surface area contributed by atoms with Gasteiger partial charge in [0.25, 0.3) is 0 Å². The normalized spacial score (nSPS) is 21.4. The van der Waals surface area contributed by atoms with Crippen molar-refractivity contribution >= 4 is 0 Å². The molecule has 0 N–H and O–H groups in total. The van der Waals surface area contributed by atoms with E-state index in [0.29, 0.717) is 6.61 Å². The van der Waals surface area contributed by atoms with Crippen LogP contribution in [-0.4, -0.2) is 20.8 Å². The Bertz CT molecular complexity index is 695. The Hall–Kier alpha value is -2.36. The number of benzene rings is 2. The topological polar surface area (TPSA) is 36.9 Å². The summed E-state index contributed by atoms with van der Waals surface area (Å²) in [7, 11) is 3.32. The average Bonchev–Trinajstić information content (AvgIpc) is 2.92. The first-order valence-electron chi connectivity index (χ1n) is 6.95. The maximum absolute atomic E-state index is 6.15. The molecule has 4 heteroatoms. The molecule has 0 aromatic heterocycles. The highest BCUT2D eigenvalue weighted by molar-refractivity contribution is 5.52. The van der Waals surface area contributed by atoms with Gasteiger partial charge in [0.05, 0.1) is 26.7 Å². The van der Waals surface area contributed by atoms with Crippen LogP contribution in [0.2, 0.25) is 0 Å². The zero-order chi connectivity index (χ0) is 14.4. The third-order valence-corrected chi connectivity index (χ3v) is 4.19. The molecule has 0 saturated heterocycles. The monoisotopic (exact) mass is 284 g/mol. The van der Waals surface area contributed by atoms with Crippen molar-refractivity contribution < 1.29 is 18.9 Å². The number of rotatable bonds is 2. The fourth-order valence-corrected chi connectivity index (χ4v) is 3.07. The van der Waals surface area contributed by atoms with E-state index in [1.54, 1.807) is 14.2 Å². The molecule has 21 heavy (non-hydrogen) atoms. The Morgan fingerprint density at radius 2 is 1.57 bits per heavy atom. The van der Waals surface area contributed by atoms with E-state index in [2.05, 4.69) is 6.07 Å². The van der Waals surface area contributed by atoms with E-state index >= 15 is 0 Å². The lowest BCUT2D eigenvalue weighted by molar-refractivity contribution is 0.139. The van der Waals surface area contributed by atoms with Crippen LogP contribution in [0.3, 0.4) is 0 Å². The summed E-state index contributed by atoms with van der Waals surface area (Å²) >= 11 is 0. The number of ether oxygens (including phenoxy) is 4. The minimum absolute atomic E-state index is 0.00163. The molecule has 1 unspecified atom stereocenters. The predicted molar refractivity (Wildman–Crippen MR) is 77.6 cm³/mol. The van der Waals surface area contributed by atoms with E-state index < -0.39 is 0 Å². The summed E-state index contributed by atoms with van der Waals surface area (Å²) in [6.45, 7) is 0.615. The molecule has 4 nitrogen and oxygen atoms in total. The van der Waals surface area contributed by atoms with Gasteiger partial charge in [0, 0.05) is 23.3 Å². The second-order valence-corrected chi connectivity index (χ2v) is 5.26. The molecular formula is C17H16O4. The van der Waals surface area contributed by atoms with Gasteiger partial charge in [0.1, 0.15) is 29.1 Å². The fraction of sp³-hybridized carbons (Fsp3) is 0.294. The van der Waals surface area contributed by atoms with Gasteiger partial charge in [-0.15, -0.1) is 0 Å². The molecule has 0 bridgehead atoms. The Morgan fingerprint density at radius 3 is 2.29 bits per heavy atom. The van der Waals surface area contributed by atoms with Crippen molar-refractivity contribution in [2.45, 2.75) is 12.0 Å². The molecule has 0 radical (unpaired) electrons. The van der Waals surface area contributed by atoms with Crippen LogP contribution in [0.25, 0.3) is 0 Å². The van der Waals surface area contributed by atoms with E-state index in [0.717, 1.165) is 28.6 Å². The van der Waals surface area contributed by atoms with Crippen molar-refractivity contribution in [3.63, 3.8) is 0 Å². The van der Waals surface area contributed by atoms with Crippen LogP contribution in [0.5, 0.6) is 23.0 Å². The number of fused-ring (bicyclic) bond motifs is 5. The lowest BCUT2D eigenvalue weighted by Crippen LogP contribution is -2.23. The van der Waals surface area contributed by atoms with Gasteiger partial charge in [-0.1, -0.05) is 6.07 Å². The van der Waals surface area contributed by atoms with Gasteiger partial charge < -0.3 is 18.9 Å². The minimum Gasteiger partial charge on any atom is -0.497 e. The second-order valence-electron chi connectivity index (χ2n) is 5.26. The molecule has 0 saturated carbocycles. The van der Waals surface area contributed by atoms with Crippen molar-refractivity contribution in [3.8, 4) is 23.0 Å². The third-order valence-electron chi connectivity index (χ3n) is 4.19. The molecule has 2 aromatic carbocycles. The highest BCUT2D eigenvalue weighted by Gasteiger charge is 2.40. The Labute approximate surface area is 123 Å². The molecule has 2 atom stereocenters. The summed E-state index contributed by atoms with van der Waals surface area (Å²) in [6, 6.07) is 11.9. The van der Waals surface area contributed by atoms with E-state index in [4.69, 9.17) is 18.9 Å². The Kier molecular flexibility index (Phi) is 2.70. The summed E-state index contributed by atoms with van der Waals surface area (Å²) in [5, 5.41) is 0. The van der Waals surface area contributed by atoms with Crippen molar-refractivity contribution in [2.75, 3.05) is 20.8 Å². The maximum atomic E-state index is 6.15. The Morgan fingerprint density at radius 1 is 0.905 bits per heavy atom. The van der Waals surface area contributed by atoms with Crippen LogP contribution >= 0.6 is 0 Å². The molecule has 108 valence electrons. The average molecular weight is 284 g/mol. The van der Waals surface area contributed by atoms with Crippen LogP contribution in [0.4, 0.5) is 0 Å². The van der Waals surface area contributed by atoms with E-state index in [1.165, 1.54) is 5.56 Å². The van der Waals surface area contributed by atoms with Crippen molar-refractivity contribution in [1.29, 1.82) is 0 Å². The molecule has 2 heterocycles. The van der Waals surface area contributed by atoms with Gasteiger partial charge in [-0.05, 0) is 18.2 Å². The quantitative estimate of drug-likeness (QED) is 0.847. The molecule has 0 aliphatic carbocycles. The van der Waals surface area contributed by atoms with Crippen LogP contribution in [0, 0.1) is 0 Å². The van der Waals surface area contributed by atoms with Gasteiger partial charge in [-0.2, -0.15) is 0 Å². The van der Waals surface area contributed by atoms with E-state index in [1.807, 2.05) is 30.3 Å². The number of hydrogen-bond acceptors (Lipinski definition) is 4. The SMILES string of the molecule is COc1ccc2c(c1)O[C@H]1c3ccc(OC)cc3OCC21. The second kappa shape index (κ2) is 4.58. The third kappa shape index (κ3) is 1.82. The minimum atomic E-state index is 0.00163. The van der Waals surface area contributed by atoms with Gasteiger partial charge in [0.2, 0.25) is 0 Å². The molecule has 0 amide bonds. The summed E-state index contributed by atoms with van der Waals surface area (Å²) < 4.78 is 22.6. The van der Waals surface area contributed by atoms with Crippen LogP contribution in [0.1, 0.15) is 23.1 Å². The molecule has 2 aromatic rings. The number of hydrogen-bond donors (Lipinski definition) is 0. The summed E-state index contributed by atoms with van der Waals surface area (Å²) in [5.41, 5.74) is 2.25. The molecule has 4 rings (SSSR count). The van der Waals surface area contributed by atoms with Crippen molar-refractivity contribution in [1.82, 2.24) is 0 Å². The number of methoxy groups -OCH3 is 2. The lowest BCUT2D eigenvalue weighted by Gasteiger charge is -2.28. The van der Waals surface area contributed by atoms with Crippen LogP contribution < -0.4 is 18.9 Å². The highest BCUT2D eigenvalue weighted by atomic mass is 16.5. The van der Waals surface area contributed by atoms with Gasteiger partial charge in [-0.25, -0.2) is 0 Å². The molecule has 0 fully saturated rings. The highest BCUT2D eigenvalue weighted by Crippen LogP contribution is 2.52. The maximum Gasteiger partial charge on any atom is 0.138 e. The van der Waals surface area contributed by atoms with Crippen LogP contribution in [0.15, 0.2) is 36.4 Å². The van der Waals surface area contributed by atoms with Crippen molar-refractivity contribution in [3.05, 3.63) is 47.5 Å². The summed E-state index contributed by atoms with van der Waals surface area (Å²) in [4.78, 5) is 0. The van der Waals surface area contributed by atoms with E-state index in [-0.39, 0.29) is 12.0 Å². The lowest BCUT2D eigenvalue weighted by atomic mass is 9.89. The standard InChI is InChI=1S/C17H16O4/c1-18-10-4-6-13-15(7-10)20-9-14-12-5-3-11(19-2)8-16(12)21-17(13)14/h3-8,14,17H,9H2,1-2H3/t14?,17-/m0/s1. The van der Waals surface area contributed by atoms with Gasteiger partial charge in [0.15, 0.2) is 0 Å². The smallest absolute Gasteiger partial charge is 0.138 e. The largest absolute Gasteiger partial charge is 0.497 e. The molecule has 2 aliphatic rings.